The van der Waals surface area contributed by atoms with Crippen LogP contribution in [-0.4, -0.2) is 22.9 Å². The molecule has 0 aliphatic carbocycles. The van der Waals surface area contributed by atoms with E-state index >= 15 is 0 Å². The number of nitrogens with two attached hydrogens (primary N) is 1. The molecule has 2 aromatic heterocycles. The molecule has 1 amide bonds. The zero-order valence-corrected chi connectivity index (χ0v) is 11.5. The van der Waals surface area contributed by atoms with Gasteiger partial charge >= 0.3 is 0 Å². The number of carbonyl (C=O) groups is 1. The van der Waals surface area contributed by atoms with Crippen molar-refractivity contribution in [3.63, 3.8) is 0 Å². The monoisotopic (exact) mass is 271 g/mol. The topological polar surface area (TPSA) is 84.1 Å². The lowest BCUT2D eigenvalue weighted by Gasteiger charge is -2.17. The molecule has 0 fully saturated rings. The molecule has 0 radical (unpaired) electrons. The van der Waals surface area contributed by atoms with Crippen molar-refractivity contribution in [2.75, 3.05) is 17.4 Å². The van der Waals surface area contributed by atoms with Gasteiger partial charge in [0.25, 0.3) is 5.91 Å². The van der Waals surface area contributed by atoms with E-state index in [0.29, 0.717) is 17.2 Å². The van der Waals surface area contributed by atoms with Crippen molar-refractivity contribution < 1.29 is 4.79 Å². The molecule has 0 aliphatic heterocycles. The fourth-order valence-electron chi connectivity index (χ4n) is 1.82. The lowest BCUT2D eigenvalue weighted by molar-refractivity contribution is 0.0992. The van der Waals surface area contributed by atoms with Crippen LogP contribution in [0.5, 0.6) is 0 Å². The maximum Gasteiger partial charge on any atom is 0.259 e. The summed E-state index contributed by atoms with van der Waals surface area (Å²) < 4.78 is 0. The molecule has 0 spiro atoms. The quantitative estimate of drug-likeness (QED) is 0.652. The fourth-order valence-corrected chi connectivity index (χ4v) is 1.82. The van der Waals surface area contributed by atoms with Crippen LogP contribution in [0.25, 0.3) is 0 Å². The normalized spacial score (nSPS) is 10.2. The number of amides is 1. The Morgan fingerprint density at radius 2 is 2.20 bits per heavy atom. The number of aromatic nitrogens is 2. The van der Waals surface area contributed by atoms with Gasteiger partial charge in [0.1, 0.15) is 11.6 Å². The maximum absolute atomic E-state index is 12.5. The van der Waals surface area contributed by atoms with Crippen molar-refractivity contribution in [3.05, 3.63) is 47.8 Å². The first-order valence-electron chi connectivity index (χ1n) is 6.32. The number of rotatable bonds is 4. The predicted molar refractivity (Wildman–Crippen MR) is 78.4 cm³/mol. The number of nitrogens with one attached hydrogen (secondary N) is 1. The molecule has 6 heteroatoms. The van der Waals surface area contributed by atoms with E-state index in [9.17, 15) is 4.79 Å². The van der Waals surface area contributed by atoms with E-state index in [0.717, 1.165) is 12.1 Å². The number of pyridine rings is 2. The zero-order chi connectivity index (χ0) is 14.5. The number of hydrogen-bond acceptors (Lipinski definition) is 5. The maximum atomic E-state index is 12.5. The molecule has 0 aliphatic rings. The summed E-state index contributed by atoms with van der Waals surface area (Å²) in [6.07, 6.45) is 2.37. The number of aryl methyl sites for hydroxylation is 1. The summed E-state index contributed by atoms with van der Waals surface area (Å²) in [5, 5.41) is 0. The molecule has 6 nitrogen and oxygen atoms in total. The molecule has 0 atom stereocenters. The molecule has 2 heterocycles. The molecule has 3 N–H and O–H groups in total. The van der Waals surface area contributed by atoms with Gasteiger partial charge in [-0.2, -0.15) is 0 Å². The molecular formula is C14H17N5O. The van der Waals surface area contributed by atoms with E-state index in [1.54, 1.807) is 37.5 Å². The lowest BCUT2D eigenvalue weighted by atomic mass is 10.1. The summed E-state index contributed by atoms with van der Waals surface area (Å²) >= 11 is 0. The Morgan fingerprint density at radius 3 is 2.80 bits per heavy atom. The van der Waals surface area contributed by atoms with Crippen LogP contribution in [-0.2, 0) is 6.42 Å². The number of nitrogen functional groups attached to an aromatic ring is 1. The highest BCUT2D eigenvalue weighted by Gasteiger charge is 2.16. The van der Waals surface area contributed by atoms with Crippen LogP contribution >= 0.6 is 0 Å². The second-order valence-electron chi connectivity index (χ2n) is 4.28. The highest BCUT2D eigenvalue weighted by molar-refractivity contribution is 6.05. The molecule has 0 saturated carbocycles. The summed E-state index contributed by atoms with van der Waals surface area (Å²) in [6, 6.07) is 8.81. The van der Waals surface area contributed by atoms with Gasteiger partial charge in [0.15, 0.2) is 0 Å². The van der Waals surface area contributed by atoms with Crippen molar-refractivity contribution in [2.24, 2.45) is 5.84 Å². The highest BCUT2D eigenvalue weighted by Crippen LogP contribution is 2.15. The van der Waals surface area contributed by atoms with E-state index in [1.807, 2.05) is 13.0 Å². The number of hydrogen-bond donors (Lipinski definition) is 2. The van der Waals surface area contributed by atoms with E-state index in [4.69, 9.17) is 5.84 Å². The molecule has 2 aromatic rings. The standard InChI is InChI=1S/C14H17N5O/c1-3-11-8-10(9-12(17-11)18-15)14(20)19(2)13-6-4-5-7-16-13/h4-9H,3,15H2,1-2H3,(H,17,18). The smallest absolute Gasteiger partial charge is 0.259 e. The molecule has 0 unspecified atom stereocenters. The number of anilines is 2. The highest BCUT2D eigenvalue weighted by atomic mass is 16.2. The van der Waals surface area contributed by atoms with Gasteiger partial charge < -0.3 is 5.43 Å². The molecule has 2 rings (SSSR count). The van der Waals surface area contributed by atoms with Crippen LogP contribution in [0.15, 0.2) is 36.5 Å². The third kappa shape index (κ3) is 2.92. The molecule has 0 bridgehead atoms. The van der Waals surface area contributed by atoms with E-state index in [2.05, 4.69) is 15.4 Å². The first-order chi connectivity index (χ1) is 9.65. The van der Waals surface area contributed by atoms with Crippen molar-refractivity contribution >= 4 is 17.5 Å². The first-order valence-corrected chi connectivity index (χ1v) is 6.32. The van der Waals surface area contributed by atoms with E-state index < -0.39 is 0 Å². The third-order valence-corrected chi connectivity index (χ3v) is 2.93. The Morgan fingerprint density at radius 1 is 1.40 bits per heavy atom. The van der Waals surface area contributed by atoms with Crippen LogP contribution in [0, 0.1) is 0 Å². The number of hydrazine groups is 1. The Hall–Kier alpha value is -2.47. The summed E-state index contributed by atoms with van der Waals surface area (Å²) in [7, 11) is 1.69. The second-order valence-corrected chi connectivity index (χ2v) is 4.28. The molecule has 0 aromatic carbocycles. The average Bonchev–Trinajstić information content (AvgIpc) is 2.53. The number of nitrogens with zero attached hydrogens (tertiary/aromatic N) is 3. The minimum Gasteiger partial charge on any atom is -0.308 e. The SMILES string of the molecule is CCc1cc(C(=O)N(C)c2ccccn2)cc(NN)n1. The fraction of sp³-hybridized carbons (Fsp3) is 0.214. The molecule has 20 heavy (non-hydrogen) atoms. The van der Waals surface area contributed by atoms with E-state index in [-0.39, 0.29) is 5.91 Å². The Balaban J connectivity index is 2.33. The predicted octanol–water partition coefficient (Wildman–Crippen LogP) is 1.60. The second kappa shape index (κ2) is 6.12. The van der Waals surface area contributed by atoms with Gasteiger partial charge in [0, 0.05) is 24.5 Å². The molecule has 0 saturated heterocycles. The van der Waals surface area contributed by atoms with Crippen LogP contribution in [0.3, 0.4) is 0 Å². The molecule has 104 valence electrons. The van der Waals surface area contributed by atoms with E-state index in [1.165, 1.54) is 4.90 Å². The average molecular weight is 271 g/mol. The largest absolute Gasteiger partial charge is 0.308 e. The van der Waals surface area contributed by atoms with Gasteiger partial charge in [0.05, 0.1) is 0 Å². The zero-order valence-electron chi connectivity index (χ0n) is 11.5. The van der Waals surface area contributed by atoms with Gasteiger partial charge in [-0.05, 0) is 30.7 Å². The van der Waals surface area contributed by atoms with Gasteiger partial charge in [-0.15, -0.1) is 0 Å². The minimum atomic E-state index is -0.155. The van der Waals surface area contributed by atoms with Crippen molar-refractivity contribution in [1.29, 1.82) is 0 Å². The Kier molecular flexibility index (Phi) is 4.27. The Bertz CT molecular complexity index is 578. The van der Waals surface area contributed by atoms with Crippen molar-refractivity contribution in [2.45, 2.75) is 13.3 Å². The van der Waals surface area contributed by atoms with Gasteiger partial charge in [0.2, 0.25) is 0 Å². The van der Waals surface area contributed by atoms with Crippen LogP contribution < -0.4 is 16.2 Å². The van der Waals surface area contributed by atoms with Gasteiger partial charge in [-0.3, -0.25) is 9.69 Å². The summed E-state index contributed by atoms with van der Waals surface area (Å²) in [5.74, 6) is 6.29. The Labute approximate surface area is 117 Å². The molecular weight excluding hydrogens is 254 g/mol. The summed E-state index contributed by atoms with van der Waals surface area (Å²) in [4.78, 5) is 22.4. The van der Waals surface area contributed by atoms with Gasteiger partial charge in [-0.1, -0.05) is 13.0 Å². The van der Waals surface area contributed by atoms with Crippen molar-refractivity contribution in [1.82, 2.24) is 9.97 Å². The van der Waals surface area contributed by atoms with Gasteiger partial charge in [-0.25, -0.2) is 15.8 Å². The third-order valence-electron chi connectivity index (χ3n) is 2.93. The first kappa shape index (κ1) is 14.0. The van der Waals surface area contributed by atoms with Crippen LogP contribution in [0.2, 0.25) is 0 Å². The minimum absolute atomic E-state index is 0.155. The van der Waals surface area contributed by atoms with Crippen LogP contribution in [0.1, 0.15) is 23.0 Å². The lowest BCUT2D eigenvalue weighted by Crippen LogP contribution is -2.27. The summed E-state index contributed by atoms with van der Waals surface area (Å²) in [6.45, 7) is 1.97. The summed E-state index contributed by atoms with van der Waals surface area (Å²) in [5.41, 5.74) is 3.81. The van der Waals surface area contributed by atoms with Crippen LogP contribution in [0.4, 0.5) is 11.6 Å². The van der Waals surface area contributed by atoms with Crippen molar-refractivity contribution in [3.8, 4) is 0 Å². The number of carbonyl (C=O) groups excluding carboxylic acids is 1.